The number of amides is 1. The number of anilines is 1. The Balaban J connectivity index is 1.68. The van der Waals surface area contributed by atoms with Crippen LogP contribution >= 0.6 is 22.6 Å². The summed E-state index contributed by atoms with van der Waals surface area (Å²) < 4.78 is 1.08. The number of nitriles is 1. The van der Waals surface area contributed by atoms with Gasteiger partial charge in [-0.3, -0.25) is 4.79 Å². The van der Waals surface area contributed by atoms with Crippen LogP contribution < -0.4 is 4.90 Å². The second kappa shape index (κ2) is 7.67. The number of carbonyl (C=O) groups is 1. The SMILES string of the molecule is N#Cc1ccc(N2CCCN(C(=O)c3cccc(I)c3)CC2)cc1. The minimum Gasteiger partial charge on any atom is -0.370 e. The highest BCUT2D eigenvalue weighted by Gasteiger charge is 2.20. The molecule has 2 aromatic rings. The van der Waals surface area contributed by atoms with E-state index < -0.39 is 0 Å². The minimum absolute atomic E-state index is 0.107. The van der Waals surface area contributed by atoms with Crippen LogP contribution in [0.4, 0.5) is 5.69 Å². The molecule has 1 heterocycles. The average molecular weight is 431 g/mol. The molecule has 0 aromatic heterocycles. The van der Waals surface area contributed by atoms with Crippen molar-refractivity contribution < 1.29 is 4.79 Å². The van der Waals surface area contributed by atoms with E-state index in [0.717, 1.165) is 40.9 Å². The van der Waals surface area contributed by atoms with E-state index in [1.165, 1.54) is 0 Å². The maximum atomic E-state index is 12.7. The molecule has 1 aliphatic heterocycles. The topological polar surface area (TPSA) is 47.3 Å². The van der Waals surface area contributed by atoms with Gasteiger partial charge in [-0.2, -0.15) is 5.26 Å². The summed E-state index contributed by atoms with van der Waals surface area (Å²) in [6, 6.07) is 17.5. The highest BCUT2D eigenvalue weighted by atomic mass is 127. The fourth-order valence-electron chi connectivity index (χ4n) is 2.93. The molecule has 0 unspecified atom stereocenters. The summed E-state index contributed by atoms with van der Waals surface area (Å²) in [5.41, 5.74) is 2.54. The summed E-state index contributed by atoms with van der Waals surface area (Å²) >= 11 is 2.23. The molecular formula is C19H18IN3O. The molecule has 5 heteroatoms. The molecular weight excluding hydrogens is 413 g/mol. The van der Waals surface area contributed by atoms with Gasteiger partial charge in [0.1, 0.15) is 0 Å². The summed E-state index contributed by atoms with van der Waals surface area (Å²) in [5.74, 6) is 0.107. The molecule has 2 aromatic carbocycles. The van der Waals surface area contributed by atoms with Crippen molar-refractivity contribution in [2.24, 2.45) is 0 Å². The zero-order chi connectivity index (χ0) is 16.9. The fraction of sp³-hybridized carbons (Fsp3) is 0.263. The van der Waals surface area contributed by atoms with E-state index >= 15 is 0 Å². The van der Waals surface area contributed by atoms with Gasteiger partial charge in [0, 0.05) is 41.0 Å². The standard InChI is InChI=1S/C19H18IN3O/c20-17-4-1-3-16(13-17)19(24)23-10-2-9-22(11-12-23)18-7-5-15(14-21)6-8-18/h1,3-8,13H,2,9-12H2. The lowest BCUT2D eigenvalue weighted by molar-refractivity contribution is 0.0767. The maximum absolute atomic E-state index is 12.7. The Morgan fingerprint density at radius 2 is 1.83 bits per heavy atom. The summed E-state index contributed by atoms with van der Waals surface area (Å²) in [6.07, 6.45) is 0.940. The van der Waals surface area contributed by atoms with Crippen molar-refractivity contribution in [1.82, 2.24) is 4.90 Å². The number of hydrogen-bond donors (Lipinski definition) is 0. The Bertz CT molecular complexity index is 767. The van der Waals surface area contributed by atoms with E-state index in [2.05, 4.69) is 33.6 Å². The third kappa shape index (κ3) is 3.88. The monoisotopic (exact) mass is 431 g/mol. The molecule has 4 nitrogen and oxygen atoms in total. The Hall–Kier alpha value is -2.07. The van der Waals surface area contributed by atoms with Crippen molar-refractivity contribution in [3.8, 4) is 6.07 Å². The maximum Gasteiger partial charge on any atom is 0.253 e. The summed E-state index contributed by atoms with van der Waals surface area (Å²) in [5, 5.41) is 8.90. The highest BCUT2D eigenvalue weighted by molar-refractivity contribution is 14.1. The van der Waals surface area contributed by atoms with E-state index in [9.17, 15) is 4.79 Å². The molecule has 0 aliphatic carbocycles. The van der Waals surface area contributed by atoms with Gasteiger partial charge < -0.3 is 9.80 Å². The molecule has 0 saturated carbocycles. The minimum atomic E-state index is 0.107. The summed E-state index contributed by atoms with van der Waals surface area (Å²) in [6.45, 7) is 3.21. The zero-order valence-electron chi connectivity index (χ0n) is 13.3. The van der Waals surface area contributed by atoms with Crippen LogP contribution in [-0.2, 0) is 0 Å². The van der Waals surface area contributed by atoms with Gasteiger partial charge in [-0.05, 0) is 71.5 Å². The third-order valence-corrected chi connectivity index (χ3v) is 4.89. The van der Waals surface area contributed by atoms with Gasteiger partial charge in [0.25, 0.3) is 5.91 Å². The van der Waals surface area contributed by atoms with Crippen LogP contribution in [0.2, 0.25) is 0 Å². The number of hydrogen-bond acceptors (Lipinski definition) is 3. The van der Waals surface area contributed by atoms with Crippen molar-refractivity contribution in [2.45, 2.75) is 6.42 Å². The van der Waals surface area contributed by atoms with Crippen molar-refractivity contribution in [3.05, 3.63) is 63.2 Å². The van der Waals surface area contributed by atoms with Crippen LogP contribution in [0.5, 0.6) is 0 Å². The zero-order valence-corrected chi connectivity index (χ0v) is 15.4. The van der Waals surface area contributed by atoms with Gasteiger partial charge in [0.2, 0.25) is 0 Å². The molecule has 0 atom stereocenters. The number of rotatable bonds is 2. The first-order valence-corrected chi connectivity index (χ1v) is 9.05. The van der Waals surface area contributed by atoms with Crippen LogP contribution in [-0.4, -0.2) is 37.0 Å². The number of halogens is 1. The largest absolute Gasteiger partial charge is 0.370 e. The second-order valence-corrected chi connectivity index (χ2v) is 7.05. The molecule has 1 fully saturated rings. The first-order valence-electron chi connectivity index (χ1n) is 7.97. The number of benzene rings is 2. The lowest BCUT2D eigenvalue weighted by Gasteiger charge is -2.24. The van der Waals surface area contributed by atoms with Gasteiger partial charge in [-0.15, -0.1) is 0 Å². The average Bonchev–Trinajstić information content (AvgIpc) is 2.87. The smallest absolute Gasteiger partial charge is 0.253 e. The Labute approximate surface area is 155 Å². The molecule has 1 amide bonds. The number of carbonyl (C=O) groups excluding carboxylic acids is 1. The Morgan fingerprint density at radius 1 is 1.04 bits per heavy atom. The van der Waals surface area contributed by atoms with Crippen LogP contribution in [0.1, 0.15) is 22.3 Å². The fourth-order valence-corrected chi connectivity index (χ4v) is 3.47. The van der Waals surface area contributed by atoms with Gasteiger partial charge in [-0.25, -0.2) is 0 Å². The molecule has 1 aliphatic rings. The van der Waals surface area contributed by atoms with Crippen molar-refractivity contribution in [2.75, 3.05) is 31.1 Å². The summed E-state index contributed by atoms with van der Waals surface area (Å²) in [7, 11) is 0. The van der Waals surface area contributed by atoms with Crippen LogP contribution in [0.25, 0.3) is 0 Å². The van der Waals surface area contributed by atoms with E-state index in [0.29, 0.717) is 12.1 Å². The van der Waals surface area contributed by atoms with Crippen LogP contribution in [0.3, 0.4) is 0 Å². The lowest BCUT2D eigenvalue weighted by atomic mass is 10.2. The van der Waals surface area contributed by atoms with Crippen molar-refractivity contribution in [1.29, 1.82) is 5.26 Å². The van der Waals surface area contributed by atoms with E-state index in [1.54, 1.807) is 0 Å². The lowest BCUT2D eigenvalue weighted by Crippen LogP contribution is -2.35. The van der Waals surface area contributed by atoms with Gasteiger partial charge >= 0.3 is 0 Å². The normalized spacial score (nSPS) is 14.8. The molecule has 24 heavy (non-hydrogen) atoms. The van der Waals surface area contributed by atoms with Gasteiger partial charge in [-0.1, -0.05) is 6.07 Å². The second-order valence-electron chi connectivity index (χ2n) is 5.80. The van der Waals surface area contributed by atoms with Gasteiger partial charge in [0.15, 0.2) is 0 Å². The third-order valence-electron chi connectivity index (χ3n) is 4.22. The number of nitrogens with zero attached hydrogens (tertiary/aromatic N) is 3. The van der Waals surface area contributed by atoms with E-state index in [4.69, 9.17) is 5.26 Å². The van der Waals surface area contributed by atoms with Crippen molar-refractivity contribution in [3.63, 3.8) is 0 Å². The first-order chi connectivity index (χ1) is 11.7. The Kier molecular flexibility index (Phi) is 5.36. The van der Waals surface area contributed by atoms with Gasteiger partial charge in [0.05, 0.1) is 11.6 Å². The quantitative estimate of drug-likeness (QED) is 0.684. The van der Waals surface area contributed by atoms with Crippen LogP contribution in [0, 0.1) is 14.9 Å². The van der Waals surface area contributed by atoms with E-state index in [-0.39, 0.29) is 5.91 Å². The molecule has 0 radical (unpaired) electrons. The molecule has 1 saturated heterocycles. The molecule has 0 N–H and O–H groups in total. The molecule has 0 spiro atoms. The van der Waals surface area contributed by atoms with Crippen LogP contribution in [0.15, 0.2) is 48.5 Å². The molecule has 3 rings (SSSR count). The first kappa shape index (κ1) is 16.8. The highest BCUT2D eigenvalue weighted by Crippen LogP contribution is 2.18. The predicted octanol–water partition coefficient (Wildman–Crippen LogP) is 3.52. The Morgan fingerprint density at radius 3 is 2.54 bits per heavy atom. The van der Waals surface area contributed by atoms with E-state index in [1.807, 2.05) is 53.4 Å². The molecule has 122 valence electrons. The predicted molar refractivity (Wildman–Crippen MR) is 103 cm³/mol. The van der Waals surface area contributed by atoms with Crippen molar-refractivity contribution >= 4 is 34.2 Å². The molecule has 0 bridgehead atoms. The summed E-state index contributed by atoms with van der Waals surface area (Å²) in [4.78, 5) is 16.9.